The van der Waals surface area contributed by atoms with E-state index in [0.717, 1.165) is 26.5 Å². The van der Waals surface area contributed by atoms with E-state index in [2.05, 4.69) is 26.3 Å². The number of anilines is 1. The van der Waals surface area contributed by atoms with Gasteiger partial charge in [-0.05, 0) is 41.5 Å². The van der Waals surface area contributed by atoms with Crippen molar-refractivity contribution in [2.75, 3.05) is 5.73 Å². The molecule has 1 atom stereocenters. The number of hydrazine groups is 1. The van der Waals surface area contributed by atoms with E-state index in [4.69, 9.17) is 11.6 Å². The first-order valence-electron chi connectivity index (χ1n) is 6.55. The molecule has 0 spiro atoms. The van der Waals surface area contributed by atoms with Gasteiger partial charge in [0.05, 0.1) is 11.6 Å². The van der Waals surface area contributed by atoms with Crippen molar-refractivity contribution in [1.29, 1.82) is 0 Å². The van der Waals surface area contributed by atoms with E-state index in [1.54, 1.807) is 6.20 Å². The van der Waals surface area contributed by atoms with Gasteiger partial charge in [-0.15, -0.1) is 0 Å². The Balaban J connectivity index is 2.11. The maximum absolute atomic E-state index is 6.08. The molecule has 5 heteroatoms. The fourth-order valence-electron chi connectivity index (χ4n) is 2.42. The summed E-state index contributed by atoms with van der Waals surface area (Å²) in [5, 5.41) is 1.10. The summed E-state index contributed by atoms with van der Waals surface area (Å²) in [4.78, 5) is 4.38. The summed E-state index contributed by atoms with van der Waals surface area (Å²) in [5.41, 5.74) is 12.5. The molecule has 0 radical (unpaired) electrons. The number of halogens is 1. The molecule has 0 saturated heterocycles. The Labute approximate surface area is 131 Å². The Morgan fingerprint density at radius 3 is 2.76 bits per heavy atom. The average molecular weight is 343 g/mol. The van der Waals surface area contributed by atoms with E-state index in [1.807, 2.05) is 48.5 Å². The highest BCUT2D eigenvalue weighted by molar-refractivity contribution is 9.10. The number of pyridine rings is 1. The fourth-order valence-corrected chi connectivity index (χ4v) is 2.80. The molecule has 4 nitrogen and oxygen atoms in total. The lowest BCUT2D eigenvalue weighted by Gasteiger charge is -2.19. The molecule has 0 aliphatic carbocycles. The van der Waals surface area contributed by atoms with E-state index < -0.39 is 0 Å². The van der Waals surface area contributed by atoms with Crippen molar-refractivity contribution in [1.82, 2.24) is 10.4 Å². The number of nitrogen functional groups attached to an aromatic ring is 1. The SMILES string of the molecule is NNC(c1ccc2cccnc2c1)c1cc(Br)ccc1N. The monoisotopic (exact) mass is 342 g/mol. The van der Waals surface area contributed by atoms with E-state index in [-0.39, 0.29) is 6.04 Å². The Morgan fingerprint density at radius 1 is 1.10 bits per heavy atom. The quantitative estimate of drug-likeness (QED) is 0.388. The molecule has 0 aliphatic rings. The standard InChI is InChI=1S/C16H15BrN4/c17-12-5-6-14(18)13(9-12)16(21-19)11-4-3-10-2-1-7-20-15(10)8-11/h1-9,16,21H,18-19H2. The summed E-state index contributed by atoms with van der Waals surface area (Å²) in [6.45, 7) is 0. The lowest BCUT2D eigenvalue weighted by atomic mass is 9.97. The number of nitrogens with zero attached hydrogens (tertiary/aromatic N) is 1. The van der Waals surface area contributed by atoms with Gasteiger partial charge in [-0.25, -0.2) is 5.43 Å². The molecule has 3 rings (SSSR count). The van der Waals surface area contributed by atoms with E-state index in [9.17, 15) is 0 Å². The molecule has 5 N–H and O–H groups in total. The van der Waals surface area contributed by atoms with Gasteiger partial charge in [-0.2, -0.15) is 0 Å². The zero-order valence-corrected chi connectivity index (χ0v) is 12.8. The van der Waals surface area contributed by atoms with Gasteiger partial charge >= 0.3 is 0 Å². The number of fused-ring (bicyclic) bond motifs is 1. The number of aromatic nitrogens is 1. The van der Waals surface area contributed by atoms with Crippen LogP contribution in [0.25, 0.3) is 10.9 Å². The highest BCUT2D eigenvalue weighted by Crippen LogP contribution is 2.30. The molecule has 0 saturated carbocycles. The van der Waals surface area contributed by atoms with Crippen LogP contribution in [0.3, 0.4) is 0 Å². The van der Waals surface area contributed by atoms with Crippen molar-refractivity contribution in [2.45, 2.75) is 6.04 Å². The van der Waals surface area contributed by atoms with Crippen LogP contribution >= 0.6 is 15.9 Å². The molecule has 3 aromatic rings. The lowest BCUT2D eigenvalue weighted by molar-refractivity contribution is 0.639. The van der Waals surface area contributed by atoms with Crippen LogP contribution in [0, 0.1) is 0 Å². The summed E-state index contributed by atoms with van der Waals surface area (Å²) in [6.07, 6.45) is 1.78. The van der Waals surface area contributed by atoms with Crippen LogP contribution < -0.4 is 17.0 Å². The minimum absolute atomic E-state index is 0.186. The van der Waals surface area contributed by atoms with E-state index in [1.165, 1.54) is 0 Å². The molecule has 0 amide bonds. The molecule has 21 heavy (non-hydrogen) atoms. The Morgan fingerprint density at radius 2 is 1.95 bits per heavy atom. The van der Waals surface area contributed by atoms with Crippen molar-refractivity contribution in [3.63, 3.8) is 0 Å². The van der Waals surface area contributed by atoms with Gasteiger partial charge in [0.2, 0.25) is 0 Å². The third-order valence-corrected chi connectivity index (χ3v) is 3.98. The van der Waals surface area contributed by atoms with Gasteiger partial charge in [0.15, 0.2) is 0 Å². The van der Waals surface area contributed by atoms with E-state index >= 15 is 0 Å². The van der Waals surface area contributed by atoms with Gasteiger partial charge in [-0.1, -0.05) is 34.1 Å². The summed E-state index contributed by atoms with van der Waals surface area (Å²) < 4.78 is 0.964. The van der Waals surface area contributed by atoms with Crippen molar-refractivity contribution in [3.8, 4) is 0 Å². The number of nitrogens with two attached hydrogens (primary N) is 2. The first-order valence-corrected chi connectivity index (χ1v) is 7.34. The average Bonchev–Trinajstić information content (AvgIpc) is 2.51. The highest BCUT2D eigenvalue weighted by Gasteiger charge is 2.16. The van der Waals surface area contributed by atoms with Crippen LogP contribution in [-0.2, 0) is 0 Å². The molecule has 1 aromatic heterocycles. The van der Waals surface area contributed by atoms with Crippen molar-refractivity contribution < 1.29 is 0 Å². The summed E-state index contributed by atoms with van der Waals surface area (Å²) in [5.74, 6) is 5.76. The fraction of sp³-hybridized carbons (Fsp3) is 0.0625. The predicted octanol–water partition coefficient (Wildman–Crippen LogP) is 3.13. The third kappa shape index (κ3) is 2.76. The van der Waals surface area contributed by atoms with Gasteiger partial charge in [-0.3, -0.25) is 10.8 Å². The largest absolute Gasteiger partial charge is 0.398 e. The van der Waals surface area contributed by atoms with Gasteiger partial charge in [0.25, 0.3) is 0 Å². The first kappa shape index (κ1) is 14.0. The number of nitrogens with one attached hydrogen (secondary N) is 1. The van der Waals surface area contributed by atoms with Crippen molar-refractivity contribution in [3.05, 3.63) is 70.3 Å². The minimum atomic E-state index is -0.186. The van der Waals surface area contributed by atoms with Crippen LogP contribution in [0.5, 0.6) is 0 Å². The van der Waals surface area contributed by atoms with Gasteiger partial charge in [0.1, 0.15) is 0 Å². The van der Waals surface area contributed by atoms with Crippen molar-refractivity contribution in [2.24, 2.45) is 5.84 Å². The van der Waals surface area contributed by atoms with Crippen molar-refractivity contribution >= 4 is 32.5 Å². The molecule has 1 heterocycles. The normalized spacial score (nSPS) is 12.5. The third-order valence-electron chi connectivity index (χ3n) is 3.49. The maximum atomic E-state index is 6.08. The second-order valence-electron chi connectivity index (χ2n) is 4.83. The number of hydrogen-bond donors (Lipinski definition) is 3. The zero-order chi connectivity index (χ0) is 14.8. The lowest BCUT2D eigenvalue weighted by Crippen LogP contribution is -2.29. The van der Waals surface area contributed by atoms with Crippen LogP contribution in [0.15, 0.2) is 59.2 Å². The molecule has 106 valence electrons. The maximum Gasteiger partial charge on any atom is 0.0731 e. The minimum Gasteiger partial charge on any atom is -0.398 e. The molecule has 2 aromatic carbocycles. The summed E-state index contributed by atoms with van der Waals surface area (Å²) in [6, 6.07) is 15.6. The summed E-state index contributed by atoms with van der Waals surface area (Å²) >= 11 is 3.47. The van der Waals surface area contributed by atoms with Crippen LogP contribution in [0.4, 0.5) is 5.69 Å². The second kappa shape index (κ2) is 5.81. The first-order chi connectivity index (χ1) is 10.2. The van der Waals surface area contributed by atoms with Crippen LogP contribution in [0.1, 0.15) is 17.2 Å². The highest BCUT2D eigenvalue weighted by atomic mass is 79.9. The molecular weight excluding hydrogens is 328 g/mol. The number of benzene rings is 2. The Hall–Kier alpha value is -1.95. The Kier molecular flexibility index (Phi) is 3.88. The van der Waals surface area contributed by atoms with Crippen LogP contribution in [0.2, 0.25) is 0 Å². The Bertz CT molecular complexity index is 788. The van der Waals surface area contributed by atoms with E-state index in [0.29, 0.717) is 5.69 Å². The molecule has 0 fully saturated rings. The molecular formula is C16H15BrN4. The van der Waals surface area contributed by atoms with Gasteiger partial charge in [0, 0.05) is 21.7 Å². The molecule has 1 unspecified atom stereocenters. The van der Waals surface area contributed by atoms with Gasteiger partial charge < -0.3 is 5.73 Å². The smallest absolute Gasteiger partial charge is 0.0731 e. The summed E-state index contributed by atoms with van der Waals surface area (Å²) in [7, 11) is 0. The predicted molar refractivity (Wildman–Crippen MR) is 89.5 cm³/mol. The number of hydrogen-bond acceptors (Lipinski definition) is 4. The number of rotatable bonds is 3. The second-order valence-corrected chi connectivity index (χ2v) is 5.74. The molecule has 0 aliphatic heterocycles. The van der Waals surface area contributed by atoms with Crippen LogP contribution in [-0.4, -0.2) is 4.98 Å². The topological polar surface area (TPSA) is 77.0 Å². The zero-order valence-electron chi connectivity index (χ0n) is 11.3. The molecule has 0 bridgehead atoms.